The molecule has 0 aliphatic carbocycles. The SMILES string of the molecule is CNC(C)Cc1nc(CC(C)(C)C)no1. The van der Waals surface area contributed by atoms with E-state index < -0.39 is 0 Å². The number of aromatic nitrogens is 2. The van der Waals surface area contributed by atoms with Crippen molar-refractivity contribution >= 4 is 0 Å². The predicted molar refractivity (Wildman–Crippen MR) is 59.7 cm³/mol. The molecule has 0 aromatic carbocycles. The summed E-state index contributed by atoms with van der Waals surface area (Å²) in [5.74, 6) is 1.52. The Bertz CT molecular complexity index is 301. The highest BCUT2D eigenvalue weighted by Crippen LogP contribution is 2.18. The van der Waals surface area contributed by atoms with E-state index in [2.05, 4.69) is 43.2 Å². The lowest BCUT2D eigenvalue weighted by molar-refractivity contribution is 0.347. The molecule has 1 aromatic rings. The number of hydrogen-bond donors (Lipinski definition) is 1. The molecule has 1 atom stereocenters. The van der Waals surface area contributed by atoms with Crippen molar-refractivity contribution in [3.63, 3.8) is 0 Å². The Balaban J connectivity index is 2.56. The van der Waals surface area contributed by atoms with Gasteiger partial charge in [-0.15, -0.1) is 0 Å². The molecule has 1 rings (SSSR count). The maximum absolute atomic E-state index is 5.18. The minimum atomic E-state index is 0.204. The lowest BCUT2D eigenvalue weighted by atomic mass is 9.92. The Kier molecular flexibility index (Phi) is 3.85. The first-order chi connectivity index (χ1) is 6.90. The van der Waals surface area contributed by atoms with Crippen LogP contribution < -0.4 is 5.32 Å². The quantitative estimate of drug-likeness (QED) is 0.825. The molecule has 0 saturated carbocycles. The molecule has 0 aliphatic heterocycles. The Hall–Kier alpha value is -0.900. The molecule has 0 aliphatic rings. The van der Waals surface area contributed by atoms with E-state index in [1.807, 2.05) is 7.05 Å². The van der Waals surface area contributed by atoms with E-state index in [4.69, 9.17) is 4.52 Å². The van der Waals surface area contributed by atoms with Gasteiger partial charge in [0.2, 0.25) is 5.89 Å². The van der Waals surface area contributed by atoms with Crippen LogP contribution in [0, 0.1) is 5.41 Å². The van der Waals surface area contributed by atoms with Gasteiger partial charge in [-0.3, -0.25) is 0 Å². The van der Waals surface area contributed by atoms with E-state index in [1.54, 1.807) is 0 Å². The van der Waals surface area contributed by atoms with Crippen LogP contribution in [0.5, 0.6) is 0 Å². The number of nitrogens with one attached hydrogen (secondary N) is 1. The number of nitrogens with zero attached hydrogens (tertiary/aromatic N) is 2. The highest BCUT2D eigenvalue weighted by atomic mass is 16.5. The van der Waals surface area contributed by atoms with Gasteiger partial charge in [0.15, 0.2) is 5.82 Å². The smallest absolute Gasteiger partial charge is 0.228 e. The standard InChI is InChI=1S/C11H21N3O/c1-8(12-5)6-10-13-9(14-15-10)7-11(2,3)4/h8,12H,6-7H2,1-5H3. The molecule has 0 saturated heterocycles. The summed E-state index contributed by atoms with van der Waals surface area (Å²) in [6, 6.07) is 0.368. The van der Waals surface area contributed by atoms with E-state index in [1.165, 1.54) is 0 Å². The van der Waals surface area contributed by atoms with Gasteiger partial charge in [0.05, 0.1) is 0 Å². The molecule has 1 aromatic heterocycles. The van der Waals surface area contributed by atoms with Gasteiger partial charge in [0.1, 0.15) is 0 Å². The molecule has 86 valence electrons. The van der Waals surface area contributed by atoms with Gasteiger partial charge in [0, 0.05) is 18.9 Å². The van der Waals surface area contributed by atoms with Crippen LogP contribution >= 0.6 is 0 Å². The summed E-state index contributed by atoms with van der Waals surface area (Å²) in [6.45, 7) is 8.59. The van der Waals surface area contributed by atoms with Crippen LogP contribution in [0.25, 0.3) is 0 Å². The maximum atomic E-state index is 5.18. The van der Waals surface area contributed by atoms with E-state index in [-0.39, 0.29) is 5.41 Å². The van der Waals surface area contributed by atoms with E-state index in [9.17, 15) is 0 Å². The fourth-order valence-corrected chi connectivity index (χ4v) is 1.28. The fraction of sp³-hybridized carbons (Fsp3) is 0.818. The van der Waals surface area contributed by atoms with Gasteiger partial charge in [0.25, 0.3) is 0 Å². The minimum Gasteiger partial charge on any atom is -0.339 e. The second kappa shape index (κ2) is 4.75. The van der Waals surface area contributed by atoms with Gasteiger partial charge >= 0.3 is 0 Å². The molecule has 1 heterocycles. The fourth-order valence-electron chi connectivity index (χ4n) is 1.28. The van der Waals surface area contributed by atoms with Crippen molar-refractivity contribution < 1.29 is 4.52 Å². The molecule has 4 heteroatoms. The highest BCUT2D eigenvalue weighted by molar-refractivity contribution is 4.91. The third kappa shape index (κ3) is 4.42. The molecule has 1 unspecified atom stereocenters. The third-order valence-corrected chi connectivity index (χ3v) is 2.17. The van der Waals surface area contributed by atoms with Crippen molar-refractivity contribution in [3.8, 4) is 0 Å². The van der Waals surface area contributed by atoms with E-state index >= 15 is 0 Å². The lowest BCUT2D eigenvalue weighted by Crippen LogP contribution is -2.23. The molecule has 0 spiro atoms. The maximum Gasteiger partial charge on any atom is 0.228 e. The van der Waals surface area contributed by atoms with Crippen molar-refractivity contribution in [1.29, 1.82) is 0 Å². The van der Waals surface area contributed by atoms with Crippen LogP contribution in [0.1, 0.15) is 39.4 Å². The Labute approximate surface area is 91.5 Å². The van der Waals surface area contributed by atoms with Gasteiger partial charge < -0.3 is 9.84 Å². The summed E-state index contributed by atoms with van der Waals surface area (Å²) in [5.41, 5.74) is 0.204. The third-order valence-electron chi connectivity index (χ3n) is 2.17. The van der Waals surface area contributed by atoms with Crippen LogP contribution in [0.4, 0.5) is 0 Å². The molecular weight excluding hydrogens is 190 g/mol. The average molecular weight is 211 g/mol. The van der Waals surface area contributed by atoms with Crippen molar-refractivity contribution in [2.24, 2.45) is 5.41 Å². The second-order valence-corrected chi connectivity index (χ2v) is 5.24. The van der Waals surface area contributed by atoms with Crippen LogP contribution in [0.3, 0.4) is 0 Å². The summed E-state index contributed by atoms with van der Waals surface area (Å²) in [4.78, 5) is 4.37. The zero-order valence-corrected chi connectivity index (χ0v) is 10.3. The predicted octanol–water partition coefficient (Wildman–Crippen LogP) is 1.81. The van der Waals surface area contributed by atoms with E-state index in [0.717, 1.165) is 24.6 Å². The zero-order chi connectivity index (χ0) is 11.5. The summed E-state index contributed by atoms with van der Waals surface area (Å²) in [5, 5.41) is 7.12. The van der Waals surface area contributed by atoms with Gasteiger partial charge in [-0.05, 0) is 19.4 Å². The van der Waals surface area contributed by atoms with Crippen LogP contribution in [-0.4, -0.2) is 23.2 Å². The molecule has 15 heavy (non-hydrogen) atoms. The van der Waals surface area contributed by atoms with Crippen LogP contribution in [-0.2, 0) is 12.8 Å². The van der Waals surface area contributed by atoms with Crippen LogP contribution in [0.2, 0.25) is 0 Å². The van der Waals surface area contributed by atoms with Crippen molar-refractivity contribution in [2.45, 2.75) is 46.6 Å². The second-order valence-electron chi connectivity index (χ2n) is 5.24. The summed E-state index contributed by atoms with van der Waals surface area (Å²) in [6.07, 6.45) is 1.64. The van der Waals surface area contributed by atoms with Crippen molar-refractivity contribution in [3.05, 3.63) is 11.7 Å². The lowest BCUT2D eigenvalue weighted by Gasteiger charge is -2.14. The minimum absolute atomic E-state index is 0.204. The molecule has 0 bridgehead atoms. The Morgan fingerprint density at radius 2 is 2.07 bits per heavy atom. The Morgan fingerprint density at radius 3 is 2.60 bits per heavy atom. The Morgan fingerprint density at radius 1 is 1.40 bits per heavy atom. The topological polar surface area (TPSA) is 51.0 Å². The zero-order valence-electron chi connectivity index (χ0n) is 10.3. The molecule has 0 fully saturated rings. The molecule has 0 radical (unpaired) electrons. The number of likely N-dealkylation sites (N-methyl/N-ethyl adjacent to an activating group) is 1. The van der Waals surface area contributed by atoms with Crippen molar-refractivity contribution in [2.75, 3.05) is 7.05 Å². The first kappa shape index (κ1) is 12.2. The normalized spacial score (nSPS) is 14.2. The summed E-state index contributed by atoms with van der Waals surface area (Å²) in [7, 11) is 1.93. The molecule has 0 amide bonds. The van der Waals surface area contributed by atoms with Crippen molar-refractivity contribution in [1.82, 2.24) is 15.5 Å². The highest BCUT2D eigenvalue weighted by Gasteiger charge is 2.16. The van der Waals surface area contributed by atoms with E-state index in [0.29, 0.717) is 6.04 Å². The van der Waals surface area contributed by atoms with Gasteiger partial charge in [-0.25, -0.2) is 0 Å². The molecular formula is C11H21N3O. The van der Waals surface area contributed by atoms with Gasteiger partial charge in [-0.1, -0.05) is 25.9 Å². The number of rotatable bonds is 4. The first-order valence-electron chi connectivity index (χ1n) is 5.39. The molecule has 1 N–H and O–H groups in total. The average Bonchev–Trinajstić information content (AvgIpc) is 2.49. The largest absolute Gasteiger partial charge is 0.339 e. The first-order valence-corrected chi connectivity index (χ1v) is 5.39. The van der Waals surface area contributed by atoms with Gasteiger partial charge in [-0.2, -0.15) is 4.98 Å². The molecule has 4 nitrogen and oxygen atoms in total. The monoisotopic (exact) mass is 211 g/mol. The summed E-state index contributed by atoms with van der Waals surface area (Å²) < 4.78 is 5.18. The van der Waals surface area contributed by atoms with Crippen LogP contribution in [0.15, 0.2) is 4.52 Å². The number of hydrogen-bond acceptors (Lipinski definition) is 4. The summed E-state index contributed by atoms with van der Waals surface area (Å²) >= 11 is 0.